The Balaban J connectivity index is 2.23. The summed E-state index contributed by atoms with van der Waals surface area (Å²) in [5.74, 6) is -1.58. The number of nitrogens with zero attached hydrogens (tertiary/aromatic N) is 2. The van der Waals surface area contributed by atoms with Gasteiger partial charge >= 0.3 is 5.69 Å². The molecule has 0 spiro atoms. The van der Waals surface area contributed by atoms with Crippen molar-refractivity contribution in [2.75, 3.05) is 5.32 Å². The van der Waals surface area contributed by atoms with Crippen LogP contribution in [0.1, 0.15) is 11.1 Å². The number of nitro benzene ring substituents is 1. The molecule has 2 rings (SSSR count). The molecule has 106 valence electrons. The maximum absolute atomic E-state index is 13.7. The molecule has 0 aliphatic carbocycles. The van der Waals surface area contributed by atoms with Crippen LogP contribution in [0, 0.1) is 33.1 Å². The highest BCUT2D eigenvalue weighted by atomic mass is 19.1. The van der Waals surface area contributed by atoms with E-state index < -0.39 is 22.2 Å². The monoisotopic (exact) mass is 289 g/mol. The summed E-state index contributed by atoms with van der Waals surface area (Å²) in [5.41, 5.74) is -0.337. The molecule has 0 unspecified atom stereocenters. The molecule has 5 nitrogen and oxygen atoms in total. The number of halogens is 2. The molecule has 0 atom stereocenters. The van der Waals surface area contributed by atoms with Crippen molar-refractivity contribution in [2.45, 2.75) is 6.54 Å². The van der Waals surface area contributed by atoms with Crippen LogP contribution in [0.2, 0.25) is 0 Å². The number of hydrogen-bond acceptors (Lipinski definition) is 4. The minimum absolute atomic E-state index is 0.0382. The molecule has 0 amide bonds. The van der Waals surface area contributed by atoms with Gasteiger partial charge in [-0.3, -0.25) is 10.1 Å². The van der Waals surface area contributed by atoms with Gasteiger partial charge in [0.25, 0.3) is 0 Å². The van der Waals surface area contributed by atoms with E-state index in [-0.39, 0.29) is 23.4 Å². The van der Waals surface area contributed by atoms with Crippen molar-refractivity contribution in [3.8, 4) is 6.07 Å². The zero-order valence-corrected chi connectivity index (χ0v) is 10.6. The molecule has 0 saturated carbocycles. The second-order valence-electron chi connectivity index (χ2n) is 4.16. The van der Waals surface area contributed by atoms with Gasteiger partial charge in [0, 0.05) is 12.1 Å². The Morgan fingerprint density at radius 1 is 1.24 bits per heavy atom. The Kier molecular flexibility index (Phi) is 4.09. The largest absolute Gasteiger partial charge is 0.375 e. The van der Waals surface area contributed by atoms with Gasteiger partial charge in [-0.1, -0.05) is 12.1 Å². The lowest BCUT2D eigenvalue weighted by Crippen LogP contribution is -2.05. The summed E-state index contributed by atoms with van der Waals surface area (Å²) in [5, 5.41) is 22.1. The maximum atomic E-state index is 13.7. The summed E-state index contributed by atoms with van der Waals surface area (Å²) in [4.78, 5) is 9.98. The number of nitrogens with one attached hydrogen (secondary N) is 1. The minimum Gasteiger partial charge on any atom is -0.375 e. The van der Waals surface area contributed by atoms with Crippen LogP contribution in [0.25, 0.3) is 0 Å². The molecular formula is C14H9F2N3O2. The van der Waals surface area contributed by atoms with Crippen LogP contribution >= 0.6 is 0 Å². The Morgan fingerprint density at radius 2 is 2.00 bits per heavy atom. The van der Waals surface area contributed by atoms with E-state index in [4.69, 9.17) is 5.26 Å². The molecular weight excluding hydrogens is 280 g/mol. The summed E-state index contributed by atoms with van der Waals surface area (Å²) >= 11 is 0. The number of nitriles is 1. The quantitative estimate of drug-likeness (QED) is 0.691. The van der Waals surface area contributed by atoms with Crippen molar-refractivity contribution in [3.63, 3.8) is 0 Å². The first-order chi connectivity index (χ1) is 10.0. The van der Waals surface area contributed by atoms with Gasteiger partial charge in [-0.25, -0.2) is 4.39 Å². The number of nitro groups is 1. The second kappa shape index (κ2) is 5.96. The molecule has 21 heavy (non-hydrogen) atoms. The molecule has 7 heteroatoms. The zero-order valence-electron chi connectivity index (χ0n) is 10.6. The molecule has 0 heterocycles. The predicted molar refractivity (Wildman–Crippen MR) is 71.5 cm³/mol. The van der Waals surface area contributed by atoms with Crippen molar-refractivity contribution in [1.82, 2.24) is 0 Å². The Hall–Kier alpha value is -3.01. The van der Waals surface area contributed by atoms with E-state index >= 15 is 0 Å². The van der Waals surface area contributed by atoms with Crippen LogP contribution in [-0.2, 0) is 6.54 Å². The van der Waals surface area contributed by atoms with Crippen molar-refractivity contribution in [3.05, 3.63) is 69.3 Å². The van der Waals surface area contributed by atoms with Crippen molar-refractivity contribution >= 4 is 11.4 Å². The second-order valence-corrected chi connectivity index (χ2v) is 4.16. The fraction of sp³-hybridized carbons (Fsp3) is 0.0714. The third-order valence-corrected chi connectivity index (χ3v) is 2.82. The van der Waals surface area contributed by atoms with Gasteiger partial charge in [-0.2, -0.15) is 9.65 Å². The average Bonchev–Trinajstić information content (AvgIpc) is 2.45. The van der Waals surface area contributed by atoms with Gasteiger partial charge in [-0.15, -0.1) is 0 Å². The first kappa shape index (κ1) is 14.4. The smallest absolute Gasteiger partial charge is 0.327 e. The van der Waals surface area contributed by atoms with E-state index in [1.165, 1.54) is 24.3 Å². The molecule has 0 aliphatic rings. The fourth-order valence-electron chi connectivity index (χ4n) is 1.79. The van der Waals surface area contributed by atoms with Crippen LogP contribution in [0.4, 0.5) is 20.2 Å². The molecule has 2 aromatic rings. The van der Waals surface area contributed by atoms with Crippen molar-refractivity contribution < 1.29 is 13.7 Å². The van der Waals surface area contributed by atoms with Crippen molar-refractivity contribution in [2.24, 2.45) is 0 Å². The van der Waals surface area contributed by atoms with E-state index in [1.54, 1.807) is 6.07 Å². The van der Waals surface area contributed by atoms with Gasteiger partial charge in [0.2, 0.25) is 5.82 Å². The van der Waals surface area contributed by atoms with Gasteiger partial charge in [0.15, 0.2) is 0 Å². The number of rotatable bonds is 4. The molecule has 0 radical (unpaired) electrons. The van der Waals surface area contributed by atoms with E-state index in [2.05, 4.69) is 5.32 Å². The number of anilines is 1. The minimum atomic E-state index is -0.967. The first-order valence-electron chi connectivity index (χ1n) is 5.88. The Bertz CT molecular complexity index is 741. The first-order valence-corrected chi connectivity index (χ1v) is 5.88. The molecule has 0 fully saturated rings. The topological polar surface area (TPSA) is 79.0 Å². The molecule has 0 aromatic heterocycles. The lowest BCUT2D eigenvalue weighted by molar-refractivity contribution is -0.386. The zero-order chi connectivity index (χ0) is 15.4. The van der Waals surface area contributed by atoms with Gasteiger partial charge in [-0.05, 0) is 24.3 Å². The van der Waals surface area contributed by atoms with E-state index in [1.807, 2.05) is 0 Å². The number of benzene rings is 2. The third kappa shape index (κ3) is 3.12. The Morgan fingerprint density at radius 3 is 2.62 bits per heavy atom. The molecule has 2 aromatic carbocycles. The summed E-state index contributed by atoms with van der Waals surface area (Å²) in [6.45, 7) is -0.0676. The molecule has 0 saturated heterocycles. The summed E-state index contributed by atoms with van der Waals surface area (Å²) in [6.07, 6.45) is 0. The Labute approximate surface area is 118 Å². The predicted octanol–water partition coefficient (Wildman–Crippen LogP) is 3.36. The highest BCUT2D eigenvalue weighted by molar-refractivity contribution is 5.62. The molecule has 0 bridgehead atoms. The number of para-hydroxylation sites is 1. The van der Waals surface area contributed by atoms with Crippen LogP contribution < -0.4 is 5.32 Å². The van der Waals surface area contributed by atoms with Crippen LogP contribution in [0.3, 0.4) is 0 Å². The normalized spacial score (nSPS) is 9.95. The lowest BCUT2D eigenvalue weighted by Gasteiger charge is -2.08. The average molecular weight is 289 g/mol. The van der Waals surface area contributed by atoms with Crippen LogP contribution in [0.5, 0.6) is 0 Å². The highest BCUT2D eigenvalue weighted by Gasteiger charge is 2.19. The standard InChI is InChI=1S/C14H9F2N3O2/c15-11-2-1-3-13(14(11)19(20)21)18-8-10-5-4-9(7-17)6-12(10)16/h1-6,18H,8H2. The summed E-state index contributed by atoms with van der Waals surface area (Å²) < 4.78 is 27.1. The van der Waals surface area contributed by atoms with E-state index in [0.717, 1.165) is 12.1 Å². The summed E-state index contributed by atoms with van der Waals surface area (Å²) in [7, 11) is 0. The van der Waals surface area contributed by atoms with Crippen LogP contribution in [-0.4, -0.2) is 4.92 Å². The lowest BCUT2D eigenvalue weighted by atomic mass is 10.1. The van der Waals surface area contributed by atoms with E-state index in [9.17, 15) is 18.9 Å². The van der Waals surface area contributed by atoms with Gasteiger partial charge in [0.1, 0.15) is 11.5 Å². The number of hydrogen-bond donors (Lipinski definition) is 1. The van der Waals surface area contributed by atoms with Gasteiger partial charge < -0.3 is 5.32 Å². The van der Waals surface area contributed by atoms with Gasteiger partial charge in [0.05, 0.1) is 16.6 Å². The molecule has 0 aliphatic heterocycles. The van der Waals surface area contributed by atoms with Crippen molar-refractivity contribution in [1.29, 1.82) is 5.26 Å². The third-order valence-electron chi connectivity index (χ3n) is 2.82. The summed E-state index contributed by atoms with van der Waals surface area (Å²) in [6, 6.07) is 9.33. The SMILES string of the molecule is N#Cc1ccc(CNc2cccc(F)c2[N+](=O)[O-])c(F)c1. The van der Waals surface area contributed by atoms with E-state index in [0.29, 0.717) is 0 Å². The fourth-order valence-corrected chi connectivity index (χ4v) is 1.79. The molecule has 1 N–H and O–H groups in total. The van der Waals surface area contributed by atoms with Crippen LogP contribution in [0.15, 0.2) is 36.4 Å². The highest BCUT2D eigenvalue weighted by Crippen LogP contribution is 2.27. The maximum Gasteiger partial charge on any atom is 0.327 e.